The van der Waals surface area contributed by atoms with Crippen molar-refractivity contribution in [2.24, 2.45) is 5.73 Å². The number of nitrogens with two attached hydrogens (primary N) is 1. The lowest BCUT2D eigenvalue weighted by Gasteiger charge is -1.97. The summed E-state index contributed by atoms with van der Waals surface area (Å²) in [5.74, 6) is -0.474. The van der Waals surface area contributed by atoms with Crippen molar-refractivity contribution < 1.29 is 4.79 Å². The number of halogens is 1. The number of primary amides is 1. The maximum Gasteiger partial charge on any atom is 0.268 e. The van der Waals surface area contributed by atoms with E-state index in [2.05, 4.69) is 20.9 Å². The van der Waals surface area contributed by atoms with E-state index in [9.17, 15) is 4.79 Å². The summed E-state index contributed by atoms with van der Waals surface area (Å²) in [5.41, 5.74) is 6.64. The van der Waals surface area contributed by atoms with E-state index in [4.69, 9.17) is 5.73 Å². The van der Waals surface area contributed by atoms with Crippen molar-refractivity contribution in [1.29, 1.82) is 0 Å². The number of thiazole rings is 1. The molecule has 0 saturated heterocycles. The van der Waals surface area contributed by atoms with Gasteiger partial charge in [-0.05, 0) is 17.7 Å². The van der Waals surface area contributed by atoms with Crippen molar-refractivity contribution in [3.63, 3.8) is 0 Å². The summed E-state index contributed by atoms with van der Waals surface area (Å²) in [4.78, 5) is 15.0. The van der Waals surface area contributed by atoms with Gasteiger partial charge in [0.25, 0.3) is 5.91 Å². The smallest absolute Gasteiger partial charge is 0.268 e. The highest BCUT2D eigenvalue weighted by molar-refractivity contribution is 9.10. The highest BCUT2D eigenvalue weighted by Gasteiger charge is 2.07. The summed E-state index contributed by atoms with van der Waals surface area (Å²) in [6, 6.07) is 8.01. The molecule has 5 heteroatoms. The molecule has 0 atom stereocenters. The van der Waals surface area contributed by atoms with Crippen LogP contribution in [0.4, 0.5) is 0 Å². The number of benzene rings is 1. The maximum atomic E-state index is 10.9. The Bertz CT molecular complexity index is 507. The molecule has 0 bridgehead atoms. The lowest BCUT2D eigenvalue weighted by Crippen LogP contribution is -2.11. The van der Waals surface area contributed by atoms with Crippen LogP contribution in [-0.4, -0.2) is 10.9 Å². The Morgan fingerprint density at radius 3 is 2.62 bits per heavy atom. The van der Waals surface area contributed by atoms with E-state index in [-0.39, 0.29) is 0 Å². The van der Waals surface area contributed by atoms with Crippen molar-refractivity contribution in [3.05, 3.63) is 50.4 Å². The van der Waals surface area contributed by atoms with E-state index in [0.29, 0.717) is 5.69 Å². The average molecular weight is 297 g/mol. The molecule has 82 valence electrons. The molecule has 3 nitrogen and oxygen atoms in total. The van der Waals surface area contributed by atoms with E-state index in [1.54, 1.807) is 5.38 Å². The van der Waals surface area contributed by atoms with Crippen molar-refractivity contribution in [1.82, 2.24) is 4.98 Å². The molecule has 16 heavy (non-hydrogen) atoms. The third kappa shape index (κ3) is 2.68. The van der Waals surface area contributed by atoms with Crippen LogP contribution in [-0.2, 0) is 6.42 Å². The topological polar surface area (TPSA) is 56.0 Å². The van der Waals surface area contributed by atoms with Gasteiger partial charge >= 0.3 is 0 Å². The number of aromatic nitrogens is 1. The Labute approximate surface area is 105 Å². The summed E-state index contributed by atoms with van der Waals surface area (Å²) in [5, 5.41) is 2.59. The Kier molecular flexibility index (Phi) is 3.36. The minimum atomic E-state index is -0.474. The van der Waals surface area contributed by atoms with Gasteiger partial charge < -0.3 is 5.73 Å². The Morgan fingerprint density at radius 2 is 2.06 bits per heavy atom. The van der Waals surface area contributed by atoms with Crippen LogP contribution in [0.3, 0.4) is 0 Å². The first-order valence-corrected chi connectivity index (χ1v) is 6.31. The Morgan fingerprint density at radius 1 is 1.38 bits per heavy atom. The number of carbonyl (C=O) groups is 1. The van der Waals surface area contributed by atoms with Gasteiger partial charge in [0.05, 0.1) is 5.01 Å². The molecule has 1 amide bonds. The minimum absolute atomic E-state index is 0.345. The second-order valence-corrected chi connectivity index (χ2v) is 5.15. The number of nitrogens with zero attached hydrogens (tertiary/aromatic N) is 1. The quantitative estimate of drug-likeness (QED) is 0.946. The van der Waals surface area contributed by atoms with Crippen LogP contribution in [0.25, 0.3) is 0 Å². The number of rotatable bonds is 3. The van der Waals surface area contributed by atoms with E-state index >= 15 is 0 Å². The molecule has 0 aliphatic carbocycles. The molecule has 1 aromatic carbocycles. The molecule has 0 unspecified atom stereocenters. The minimum Gasteiger partial charge on any atom is -0.364 e. The predicted octanol–water partition coefficient (Wildman–Crippen LogP) is 2.60. The van der Waals surface area contributed by atoms with Crippen LogP contribution in [0.5, 0.6) is 0 Å². The van der Waals surface area contributed by atoms with Crippen LogP contribution in [0.15, 0.2) is 34.1 Å². The summed E-state index contributed by atoms with van der Waals surface area (Å²) in [6.45, 7) is 0. The van der Waals surface area contributed by atoms with E-state index in [1.807, 2.05) is 24.3 Å². The van der Waals surface area contributed by atoms with Gasteiger partial charge in [0.2, 0.25) is 0 Å². The van der Waals surface area contributed by atoms with Crippen LogP contribution in [0.2, 0.25) is 0 Å². The lowest BCUT2D eigenvalue weighted by molar-refractivity contribution is 0.0996. The van der Waals surface area contributed by atoms with Gasteiger partial charge in [0.1, 0.15) is 5.69 Å². The van der Waals surface area contributed by atoms with Gasteiger partial charge in [-0.15, -0.1) is 11.3 Å². The molecule has 0 spiro atoms. The molecule has 2 rings (SSSR count). The Balaban J connectivity index is 2.14. The third-order valence-corrected chi connectivity index (χ3v) is 3.45. The van der Waals surface area contributed by atoms with E-state index in [0.717, 1.165) is 21.5 Å². The zero-order valence-corrected chi connectivity index (χ0v) is 10.7. The zero-order chi connectivity index (χ0) is 11.5. The SMILES string of the molecule is NC(=O)c1csc(Cc2ccc(Br)cc2)n1. The fraction of sp³-hybridized carbons (Fsp3) is 0.0909. The normalized spacial score (nSPS) is 10.3. The molecule has 1 heterocycles. The predicted molar refractivity (Wildman–Crippen MR) is 67.6 cm³/mol. The van der Waals surface area contributed by atoms with Gasteiger partial charge in [-0.1, -0.05) is 28.1 Å². The largest absolute Gasteiger partial charge is 0.364 e. The first kappa shape index (κ1) is 11.3. The zero-order valence-electron chi connectivity index (χ0n) is 8.31. The van der Waals surface area contributed by atoms with Crippen LogP contribution in [0.1, 0.15) is 21.1 Å². The van der Waals surface area contributed by atoms with Crippen LogP contribution in [0, 0.1) is 0 Å². The second kappa shape index (κ2) is 4.76. The lowest BCUT2D eigenvalue weighted by atomic mass is 10.2. The van der Waals surface area contributed by atoms with Crippen LogP contribution < -0.4 is 5.73 Å². The second-order valence-electron chi connectivity index (χ2n) is 3.29. The van der Waals surface area contributed by atoms with Gasteiger partial charge in [-0.2, -0.15) is 0 Å². The molecule has 0 radical (unpaired) electrons. The molecule has 0 saturated carbocycles. The van der Waals surface area contributed by atoms with Crippen molar-refractivity contribution in [3.8, 4) is 0 Å². The van der Waals surface area contributed by atoms with Crippen LogP contribution >= 0.6 is 27.3 Å². The molecule has 2 aromatic rings. The number of carbonyl (C=O) groups excluding carboxylic acids is 1. The number of amides is 1. The first-order valence-electron chi connectivity index (χ1n) is 4.64. The summed E-state index contributed by atoms with van der Waals surface area (Å²) >= 11 is 4.83. The molecule has 0 aliphatic heterocycles. The average Bonchev–Trinajstić information content (AvgIpc) is 2.70. The summed E-state index contributed by atoms with van der Waals surface area (Å²) < 4.78 is 1.05. The van der Waals surface area contributed by atoms with Crippen molar-refractivity contribution in [2.45, 2.75) is 6.42 Å². The van der Waals surface area contributed by atoms with Gasteiger partial charge in [-0.25, -0.2) is 4.98 Å². The Hall–Kier alpha value is -1.20. The molecule has 1 aromatic heterocycles. The molecular formula is C11H9BrN2OS. The van der Waals surface area contributed by atoms with Gasteiger partial charge in [0, 0.05) is 16.3 Å². The fourth-order valence-corrected chi connectivity index (χ4v) is 2.36. The van der Waals surface area contributed by atoms with Gasteiger partial charge in [-0.3, -0.25) is 4.79 Å². The number of hydrogen-bond donors (Lipinski definition) is 1. The van der Waals surface area contributed by atoms with Crippen molar-refractivity contribution in [2.75, 3.05) is 0 Å². The first-order chi connectivity index (χ1) is 7.65. The highest BCUT2D eigenvalue weighted by Crippen LogP contribution is 2.16. The molecule has 0 aliphatic rings. The maximum absolute atomic E-state index is 10.9. The monoisotopic (exact) mass is 296 g/mol. The summed E-state index contributed by atoms with van der Waals surface area (Å²) in [6.07, 6.45) is 0.727. The highest BCUT2D eigenvalue weighted by atomic mass is 79.9. The molecule has 0 fully saturated rings. The van der Waals surface area contributed by atoms with Crippen molar-refractivity contribution >= 4 is 33.2 Å². The molecule has 2 N–H and O–H groups in total. The van der Waals surface area contributed by atoms with Gasteiger partial charge in [0.15, 0.2) is 0 Å². The third-order valence-electron chi connectivity index (χ3n) is 2.07. The standard InChI is InChI=1S/C11H9BrN2OS/c12-8-3-1-7(2-4-8)5-10-14-9(6-16-10)11(13)15/h1-4,6H,5H2,(H2,13,15). The molecular weight excluding hydrogens is 288 g/mol. The summed E-state index contributed by atoms with van der Waals surface area (Å²) in [7, 11) is 0. The van der Waals surface area contributed by atoms with E-state index < -0.39 is 5.91 Å². The number of hydrogen-bond acceptors (Lipinski definition) is 3. The van der Waals surface area contributed by atoms with E-state index in [1.165, 1.54) is 11.3 Å². The fourth-order valence-electron chi connectivity index (χ4n) is 1.28.